The lowest BCUT2D eigenvalue weighted by molar-refractivity contribution is -0.150. The summed E-state index contributed by atoms with van der Waals surface area (Å²) >= 11 is 0. The maximum atomic E-state index is 12.6. The summed E-state index contributed by atoms with van der Waals surface area (Å²) in [5.74, 6) is 25.3. The number of hydrogen-bond donors (Lipinski definition) is 3. The van der Waals surface area contributed by atoms with Gasteiger partial charge in [-0.2, -0.15) is 0 Å². The van der Waals surface area contributed by atoms with Gasteiger partial charge in [-0.15, -0.1) is 12.8 Å². The number of sulfonamides is 2. The second-order valence-corrected chi connectivity index (χ2v) is 27.9. The minimum atomic E-state index is -3.51. The van der Waals surface area contributed by atoms with Crippen LogP contribution in [-0.4, -0.2) is 103 Å². The van der Waals surface area contributed by atoms with Crippen LogP contribution in [0.4, 0.5) is 0 Å². The van der Waals surface area contributed by atoms with Crippen LogP contribution in [0.2, 0.25) is 0 Å². The van der Waals surface area contributed by atoms with Crippen molar-refractivity contribution in [1.29, 1.82) is 0 Å². The van der Waals surface area contributed by atoms with Gasteiger partial charge in [0.2, 0.25) is 20.0 Å². The molecule has 0 heterocycles. The summed E-state index contributed by atoms with van der Waals surface area (Å²) in [5, 5.41) is 9.71. The molecule has 0 aromatic carbocycles. The Labute approximate surface area is 568 Å². The van der Waals surface area contributed by atoms with Gasteiger partial charge in [0.15, 0.2) is 0 Å². The molecule has 0 aromatic heterocycles. The number of nitrogens with one attached hydrogen (secondary N) is 2. The number of unbranched alkanes of at least 4 members (excludes halogenated alkanes) is 34. The molecular formula is C75H148N2O11S2. The molecule has 536 valence electrons. The minimum Gasteiger partial charge on any atom is -0.461 e. The molecular weight excluding hydrogens is 1170 g/mol. The molecule has 15 heteroatoms. The summed E-state index contributed by atoms with van der Waals surface area (Å²) in [6, 6.07) is -1.02. The highest BCUT2D eigenvalue weighted by Gasteiger charge is 2.21. The number of aliphatic hydroxyl groups is 1. The molecule has 0 saturated carbocycles. The highest BCUT2D eigenvalue weighted by atomic mass is 32.2. The second kappa shape index (κ2) is 67.9. The average Bonchev–Trinajstić information content (AvgIpc) is 0.923. The Kier molecular flexibility index (Phi) is 66.4. The molecule has 90 heavy (non-hydrogen) atoms. The first-order chi connectivity index (χ1) is 43.8. The van der Waals surface area contributed by atoms with Gasteiger partial charge in [-0.25, -0.2) is 26.3 Å². The molecule has 0 aliphatic carbocycles. The topological polar surface area (TPSA) is 184 Å². The van der Waals surface area contributed by atoms with Gasteiger partial charge < -0.3 is 24.1 Å². The predicted molar refractivity (Wildman–Crippen MR) is 396 cm³/mol. The zero-order valence-electron chi connectivity index (χ0n) is 57.6. The van der Waals surface area contributed by atoms with Crippen LogP contribution in [0.15, 0.2) is 0 Å². The van der Waals surface area contributed by atoms with E-state index < -0.39 is 38.3 Å². The van der Waals surface area contributed by atoms with Crippen molar-refractivity contribution in [2.45, 2.75) is 348 Å². The molecule has 0 aliphatic heterocycles. The number of ether oxygens (including phenoxy) is 4. The fraction of sp³-hybridized carbons (Fsp3) is 0.813. The van der Waals surface area contributed by atoms with E-state index in [-0.39, 0.29) is 70.2 Å². The van der Waals surface area contributed by atoms with Crippen LogP contribution in [0, 0.1) is 72.1 Å². The Morgan fingerprint density at radius 1 is 0.411 bits per heavy atom. The summed E-state index contributed by atoms with van der Waals surface area (Å²) in [7, 11) is -6.87. The van der Waals surface area contributed by atoms with Crippen molar-refractivity contribution in [3.05, 3.63) is 0 Å². The molecule has 0 fully saturated rings. The normalized spacial score (nSPS) is 12.3. The third-order valence-corrected chi connectivity index (χ3v) is 18.6. The molecule has 13 nitrogen and oxygen atoms in total. The zero-order chi connectivity index (χ0) is 66.5. The summed E-state index contributed by atoms with van der Waals surface area (Å²) in [6.45, 7) is 11.3. The molecule has 3 N–H and O–H groups in total. The summed E-state index contributed by atoms with van der Waals surface area (Å²) in [4.78, 5) is 25.0. The minimum absolute atomic E-state index is 0. The third kappa shape index (κ3) is 65.5. The van der Waals surface area contributed by atoms with Gasteiger partial charge in [-0.05, 0) is 79.5 Å². The highest BCUT2D eigenvalue weighted by Crippen LogP contribution is 2.17. The number of aliphatic hydroxyl groups excluding tert-OH is 1. The molecule has 0 unspecified atom stereocenters. The number of carbonyl (C=O) groups excluding carboxylic acids is 2. The van der Waals surface area contributed by atoms with Crippen molar-refractivity contribution in [3.63, 3.8) is 0 Å². The monoisotopic (exact) mass is 1320 g/mol. The Bertz CT molecular complexity index is 2170. The number of esters is 2. The lowest BCUT2D eigenvalue weighted by Gasteiger charge is -2.19. The molecule has 0 spiro atoms. The van der Waals surface area contributed by atoms with Crippen molar-refractivity contribution in [2.75, 3.05) is 44.5 Å². The molecule has 0 aromatic rings. The lowest BCUT2D eigenvalue weighted by Crippen LogP contribution is -2.42. The van der Waals surface area contributed by atoms with Gasteiger partial charge in [0.1, 0.15) is 12.2 Å². The van der Waals surface area contributed by atoms with Gasteiger partial charge in [0, 0.05) is 58.8 Å². The van der Waals surface area contributed by atoms with Crippen molar-refractivity contribution in [3.8, 4) is 72.1 Å². The molecule has 0 bridgehead atoms. The van der Waals surface area contributed by atoms with Crippen LogP contribution in [0.1, 0.15) is 338 Å². The van der Waals surface area contributed by atoms with E-state index in [2.05, 4.69) is 96.3 Å². The lowest BCUT2D eigenvalue weighted by atomic mass is 10.1. The standard InChI is InChI=1S/C38H65NO5S.C37H63NO6S.10H2/c1-5-9-12-15-17-19-21-23-26-29-34-45(41,42)39-36(8-4)35-43-33-32-37(30-27-24-14-11-7-3)44-38(40)31-28-25-22-20-18-16-13-10-6-2;1-4-7-10-13-15-17-19-21-24-27-32-45(41,42)38-35(33-39)34-43-31-30-36(28-25-22-12-9-6-3)44-37(40)29-26-23-20-18-16-14-11-8-5-2;;;;;;;;;;/h3,36-37,39H,5-6,8-10,12-13,15-23,25-26,28-35H2,1-2,4H3;3,35-36,38-39H,4-5,7-8,10-11,13-21,23-24,26-34H2,1-2H3;10*1H/t36-,37+;35-,36+;;;;;;;;;;/m00........../s1. The van der Waals surface area contributed by atoms with E-state index in [4.69, 9.17) is 31.8 Å². The number of hydrogen-bond acceptors (Lipinski definition) is 11. The third-order valence-electron chi connectivity index (χ3n) is 15.5. The Morgan fingerprint density at radius 3 is 1.00 bits per heavy atom. The Morgan fingerprint density at radius 2 is 0.700 bits per heavy atom. The largest absolute Gasteiger partial charge is 0.461 e. The maximum Gasteiger partial charge on any atom is 0.306 e. The quantitative estimate of drug-likeness (QED) is 0.0299. The van der Waals surface area contributed by atoms with Gasteiger partial charge in [-0.3, -0.25) is 9.59 Å². The van der Waals surface area contributed by atoms with Crippen LogP contribution in [-0.2, 0) is 48.6 Å². The van der Waals surface area contributed by atoms with Gasteiger partial charge in [-0.1, -0.05) is 265 Å². The first kappa shape index (κ1) is 88.1. The predicted octanol–water partition coefficient (Wildman–Crippen LogP) is 18.8. The van der Waals surface area contributed by atoms with Crippen molar-refractivity contribution in [1.82, 2.24) is 9.44 Å². The fourth-order valence-electron chi connectivity index (χ4n) is 10.0. The zero-order valence-corrected chi connectivity index (χ0v) is 59.2. The van der Waals surface area contributed by atoms with Gasteiger partial charge in [0.05, 0.1) is 50.6 Å². The van der Waals surface area contributed by atoms with Crippen molar-refractivity contribution in [2.24, 2.45) is 0 Å². The first-order valence-electron chi connectivity index (χ1n) is 35.8. The van der Waals surface area contributed by atoms with E-state index in [1.807, 2.05) is 6.92 Å². The van der Waals surface area contributed by atoms with Crippen LogP contribution >= 0.6 is 0 Å². The van der Waals surface area contributed by atoms with E-state index in [0.29, 0.717) is 64.4 Å². The smallest absolute Gasteiger partial charge is 0.306 e. The van der Waals surface area contributed by atoms with E-state index in [1.54, 1.807) is 0 Å². The first-order valence-corrected chi connectivity index (χ1v) is 39.1. The van der Waals surface area contributed by atoms with Crippen LogP contribution in [0.3, 0.4) is 0 Å². The van der Waals surface area contributed by atoms with E-state index in [0.717, 1.165) is 70.6 Å². The van der Waals surface area contributed by atoms with Crippen molar-refractivity contribution >= 4 is 32.0 Å². The van der Waals surface area contributed by atoms with E-state index >= 15 is 0 Å². The molecule has 0 rings (SSSR count). The molecule has 4 atom stereocenters. The fourth-order valence-corrected chi connectivity index (χ4v) is 12.8. The van der Waals surface area contributed by atoms with Gasteiger partial charge in [0.25, 0.3) is 0 Å². The number of terminal acetylenes is 2. The maximum absolute atomic E-state index is 12.6. The summed E-state index contributed by atoms with van der Waals surface area (Å²) in [5.41, 5.74) is 0. The summed E-state index contributed by atoms with van der Waals surface area (Å²) in [6.07, 6.45) is 56.5. The van der Waals surface area contributed by atoms with E-state index in [1.165, 1.54) is 161 Å². The van der Waals surface area contributed by atoms with Crippen LogP contribution < -0.4 is 9.44 Å². The Hall–Kier alpha value is -4.00. The Balaban J connectivity index is -0.000000141. The second-order valence-electron chi connectivity index (χ2n) is 24.1. The molecule has 0 amide bonds. The summed E-state index contributed by atoms with van der Waals surface area (Å²) < 4.78 is 78.5. The molecule has 0 aliphatic rings. The highest BCUT2D eigenvalue weighted by molar-refractivity contribution is 7.89. The SMILES string of the molecule is C#CC#CC#CC[C@H](CCOC[C@H](CC)NS(=O)(=O)CCCCCCCCCCCC)OC(=O)CCCCCCCCCCC.C#CC#CC#CC[C@H](CCOC[C@H](CO)NS(=O)(=O)CCCCCCCCCCCC)OC(=O)CCCCCCCCCCC.[HH].[HH].[HH].[HH].[HH].[HH].[HH].[HH].[HH].[HH]. The number of rotatable bonds is 62. The molecule has 0 radical (unpaired) electrons. The van der Waals surface area contributed by atoms with Crippen LogP contribution in [0.25, 0.3) is 0 Å². The molecule has 0 saturated heterocycles. The van der Waals surface area contributed by atoms with Gasteiger partial charge >= 0.3 is 11.9 Å². The van der Waals surface area contributed by atoms with Crippen LogP contribution in [0.5, 0.6) is 0 Å². The average molecular weight is 1320 g/mol. The van der Waals surface area contributed by atoms with Crippen molar-refractivity contribution < 1.29 is 64.7 Å². The number of carbonyl (C=O) groups is 2. The van der Waals surface area contributed by atoms with E-state index in [9.17, 15) is 31.5 Å².